The van der Waals surface area contributed by atoms with E-state index in [4.69, 9.17) is 9.47 Å². The van der Waals surface area contributed by atoms with E-state index in [2.05, 4.69) is 45.4 Å². The molecule has 1 aliphatic rings. The monoisotopic (exact) mass is 427 g/mol. The van der Waals surface area contributed by atoms with Gasteiger partial charge >= 0.3 is 0 Å². The van der Waals surface area contributed by atoms with Crippen LogP contribution in [0.4, 0.5) is 0 Å². The molecule has 1 aromatic rings. The number of ether oxygens (including phenoxy) is 2. The summed E-state index contributed by atoms with van der Waals surface area (Å²) in [7, 11) is 0. The third-order valence-electron chi connectivity index (χ3n) is 4.15. The molecule has 0 radical (unpaired) electrons. The maximum Gasteiger partial charge on any atom is 0.231 e. The average molecular weight is 428 g/mol. The molecule has 0 saturated carbocycles. The van der Waals surface area contributed by atoms with Gasteiger partial charge in [-0.05, 0) is 65.2 Å². The molecule has 1 atom stereocenters. The van der Waals surface area contributed by atoms with Crippen LogP contribution in [0.5, 0.6) is 11.5 Å². The van der Waals surface area contributed by atoms with E-state index in [0.29, 0.717) is 18.4 Å². The smallest absolute Gasteiger partial charge is 0.231 e. The van der Waals surface area contributed by atoms with Gasteiger partial charge in [0.15, 0.2) is 17.5 Å². The summed E-state index contributed by atoms with van der Waals surface area (Å²) in [5, 5.41) is 16.0. The number of fused-ring (bicyclic) bond motifs is 1. The van der Waals surface area contributed by atoms with Gasteiger partial charge in [0.25, 0.3) is 0 Å². The van der Waals surface area contributed by atoms with E-state index in [-0.39, 0.29) is 13.4 Å². The van der Waals surface area contributed by atoms with E-state index in [1.807, 2.05) is 19.1 Å². The van der Waals surface area contributed by atoms with Crippen LogP contribution in [-0.2, 0) is 6.54 Å². The van der Waals surface area contributed by atoms with Crippen LogP contribution in [0.15, 0.2) is 21.6 Å². The van der Waals surface area contributed by atoms with Gasteiger partial charge in [0.2, 0.25) is 6.79 Å². The second kappa shape index (κ2) is 10.6. The van der Waals surface area contributed by atoms with Crippen molar-refractivity contribution in [1.82, 2.24) is 10.6 Å². The Bertz CT molecular complexity index is 608. The molecule has 3 N–H and O–H groups in total. The molecular formula is C19H30BrN3O3. The second-order valence-electron chi connectivity index (χ2n) is 6.90. The molecule has 1 aromatic carbocycles. The number of aliphatic imine (C=N–C) groups is 1. The maximum absolute atomic E-state index is 9.27. The summed E-state index contributed by atoms with van der Waals surface area (Å²) < 4.78 is 11.8. The van der Waals surface area contributed by atoms with Crippen LogP contribution < -0.4 is 20.1 Å². The second-order valence-corrected chi connectivity index (χ2v) is 7.75. The van der Waals surface area contributed by atoms with Gasteiger partial charge in [0.05, 0.1) is 11.0 Å². The molecule has 1 heterocycles. The summed E-state index contributed by atoms with van der Waals surface area (Å²) >= 11 is 3.52. The zero-order valence-corrected chi connectivity index (χ0v) is 17.4. The lowest BCUT2D eigenvalue weighted by molar-refractivity contribution is 0.173. The van der Waals surface area contributed by atoms with Crippen molar-refractivity contribution in [3.8, 4) is 11.5 Å². The molecule has 7 heteroatoms. The van der Waals surface area contributed by atoms with Crippen LogP contribution in [0, 0.1) is 11.8 Å². The van der Waals surface area contributed by atoms with Gasteiger partial charge in [-0.25, -0.2) is 4.99 Å². The van der Waals surface area contributed by atoms with Crippen LogP contribution in [-0.4, -0.2) is 37.6 Å². The summed E-state index contributed by atoms with van der Waals surface area (Å²) in [6.45, 7) is 9.08. The molecule has 26 heavy (non-hydrogen) atoms. The minimum atomic E-state index is 0.220. The van der Waals surface area contributed by atoms with Gasteiger partial charge < -0.3 is 25.2 Å². The number of guanidine groups is 1. The predicted octanol–water partition coefficient (Wildman–Crippen LogP) is 3.28. The molecule has 146 valence electrons. The first-order valence-corrected chi connectivity index (χ1v) is 10.0. The van der Waals surface area contributed by atoms with Crippen molar-refractivity contribution in [1.29, 1.82) is 0 Å². The first-order valence-electron chi connectivity index (χ1n) is 9.24. The third-order valence-corrected chi connectivity index (χ3v) is 4.74. The van der Waals surface area contributed by atoms with Gasteiger partial charge in [0.1, 0.15) is 0 Å². The lowest BCUT2D eigenvalue weighted by Crippen LogP contribution is -2.40. The molecule has 2 rings (SSSR count). The fourth-order valence-electron chi connectivity index (χ4n) is 3.02. The first-order chi connectivity index (χ1) is 12.5. The van der Waals surface area contributed by atoms with Crippen LogP contribution in [0.25, 0.3) is 0 Å². The molecular weight excluding hydrogens is 398 g/mol. The molecule has 1 aliphatic heterocycles. The highest BCUT2D eigenvalue weighted by atomic mass is 79.9. The Morgan fingerprint density at radius 2 is 2.12 bits per heavy atom. The number of hydrogen-bond acceptors (Lipinski definition) is 4. The highest BCUT2D eigenvalue weighted by Crippen LogP contribution is 2.40. The first kappa shape index (κ1) is 20.8. The predicted molar refractivity (Wildman–Crippen MR) is 108 cm³/mol. The van der Waals surface area contributed by atoms with E-state index < -0.39 is 0 Å². The van der Waals surface area contributed by atoms with Gasteiger partial charge in [-0.2, -0.15) is 0 Å². The SMILES string of the molecule is CCNC(=NCc1cc(Br)c2c(c1)OCO2)NCC(CCO)CC(C)C. The van der Waals surface area contributed by atoms with Crippen LogP contribution in [0.2, 0.25) is 0 Å². The molecule has 0 amide bonds. The minimum Gasteiger partial charge on any atom is -0.454 e. The molecule has 0 saturated heterocycles. The largest absolute Gasteiger partial charge is 0.454 e. The van der Waals surface area contributed by atoms with Gasteiger partial charge in [-0.1, -0.05) is 13.8 Å². The van der Waals surface area contributed by atoms with Gasteiger partial charge in [0, 0.05) is 19.7 Å². The lowest BCUT2D eigenvalue weighted by Gasteiger charge is -2.20. The minimum absolute atomic E-state index is 0.220. The normalized spacial score (nSPS) is 14.6. The standard InChI is InChI=1S/C19H30BrN3O3/c1-4-21-19(22-10-14(5-6-24)7-13(2)3)23-11-15-8-16(20)18-17(9-15)25-12-26-18/h8-9,13-14,24H,4-7,10-12H2,1-3H3,(H2,21,22,23). The fourth-order valence-corrected chi connectivity index (χ4v) is 3.62. The Kier molecular flexibility index (Phi) is 8.51. The van der Waals surface area contributed by atoms with Crippen LogP contribution in [0.3, 0.4) is 0 Å². The quantitative estimate of drug-likeness (QED) is 0.416. The molecule has 0 spiro atoms. The molecule has 0 aromatic heterocycles. The zero-order valence-electron chi connectivity index (χ0n) is 15.8. The fraction of sp³-hybridized carbons (Fsp3) is 0.632. The summed E-state index contributed by atoms with van der Waals surface area (Å²) in [6.07, 6.45) is 1.89. The summed E-state index contributed by atoms with van der Waals surface area (Å²) in [5.41, 5.74) is 1.05. The van der Waals surface area contributed by atoms with E-state index in [1.54, 1.807) is 0 Å². The van der Waals surface area contributed by atoms with Crippen molar-refractivity contribution in [3.63, 3.8) is 0 Å². The average Bonchev–Trinajstić information content (AvgIpc) is 3.06. The van der Waals surface area contributed by atoms with Crippen molar-refractivity contribution in [2.24, 2.45) is 16.8 Å². The van der Waals surface area contributed by atoms with E-state index in [0.717, 1.165) is 53.4 Å². The van der Waals surface area contributed by atoms with E-state index in [9.17, 15) is 5.11 Å². The number of benzene rings is 1. The van der Waals surface area contributed by atoms with Crippen molar-refractivity contribution < 1.29 is 14.6 Å². The van der Waals surface area contributed by atoms with Gasteiger partial charge in [-0.15, -0.1) is 0 Å². The number of aliphatic hydroxyl groups is 1. The third kappa shape index (κ3) is 6.36. The number of hydrogen-bond donors (Lipinski definition) is 3. The van der Waals surface area contributed by atoms with Crippen molar-refractivity contribution >= 4 is 21.9 Å². The van der Waals surface area contributed by atoms with Crippen molar-refractivity contribution in [2.45, 2.75) is 40.2 Å². The molecule has 0 bridgehead atoms. The maximum atomic E-state index is 9.27. The summed E-state index contributed by atoms with van der Waals surface area (Å²) in [4.78, 5) is 4.68. The van der Waals surface area contributed by atoms with Crippen LogP contribution >= 0.6 is 15.9 Å². The number of nitrogens with zero attached hydrogens (tertiary/aromatic N) is 1. The molecule has 0 aliphatic carbocycles. The lowest BCUT2D eigenvalue weighted by atomic mass is 9.94. The topological polar surface area (TPSA) is 75.1 Å². The highest BCUT2D eigenvalue weighted by molar-refractivity contribution is 9.10. The van der Waals surface area contributed by atoms with E-state index >= 15 is 0 Å². The van der Waals surface area contributed by atoms with Gasteiger partial charge in [-0.3, -0.25) is 0 Å². The molecule has 1 unspecified atom stereocenters. The molecule has 6 nitrogen and oxygen atoms in total. The Balaban J connectivity index is 1.98. The van der Waals surface area contributed by atoms with E-state index in [1.165, 1.54) is 0 Å². The Labute approximate surface area is 164 Å². The zero-order chi connectivity index (χ0) is 18.9. The Morgan fingerprint density at radius 3 is 2.81 bits per heavy atom. The summed E-state index contributed by atoms with van der Waals surface area (Å²) in [5.74, 6) is 3.33. The number of aliphatic hydroxyl groups excluding tert-OH is 1. The highest BCUT2D eigenvalue weighted by Gasteiger charge is 2.18. The van der Waals surface area contributed by atoms with Crippen molar-refractivity contribution in [2.75, 3.05) is 26.5 Å². The number of rotatable bonds is 9. The summed E-state index contributed by atoms with van der Waals surface area (Å²) in [6, 6.07) is 3.97. The Hall–Kier alpha value is -1.47. The Morgan fingerprint density at radius 1 is 1.31 bits per heavy atom. The molecule has 0 fully saturated rings. The number of halogens is 1. The number of nitrogens with one attached hydrogen (secondary N) is 2. The van der Waals surface area contributed by atoms with Crippen molar-refractivity contribution in [3.05, 3.63) is 22.2 Å². The van der Waals surface area contributed by atoms with Crippen LogP contribution in [0.1, 0.15) is 39.2 Å².